The van der Waals surface area contributed by atoms with E-state index in [9.17, 15) is 0 Å². The minimum absolute atomic E-state index is 0.273. The summed E-state index contributed by atoms with van der Waals surface area (Å²) in [4.78, 5) is 4.54. The third-order valence-electron chi connectivity index (χ3n) is 6.89. The SMILES string of the molecule is CC(c1ccc2c(c1)CN(c1ccccc1)CO2)c1ccc2c(c1)CN(c1ccccc1)CO2. The first kappa shape index (κ1) is 20.7. The fraction of sp³-hybridized carbons (Fsp3) is 0.200. The average molecular weight is 449 g/mol. The van der Waals surface area contributed by atoms with Gasteiger partial charge < -0.3 is 19.3 Å². The highest BCUT2D eigenvalue weighted by molar-refractivity contribution is 5.53. The third kappa shape index (κ3) is 3.96. The zero-order chi connectivity index (χ0) is 22.9. The van der Waals surface area contributed by atoms with Crippen molar-refractivity contribution in [3.63, 3.8) is 0 Å². The monoisotopic (exact) mass is 448 g/mol. The van der Waals surface area contributed by atoms with E-state index in [-0.39, 0.29) is 5.92 Å². The van der Waals surface area contributed by atoms with Gasteiger partial charge in [0.2, 0.25) is 0 Å². The number of nitrogens with zero attached hydrogens (tertiary/aromatic N) is 2. The van der Waals surface area contributed by atoms with Crippen LogP contribution in [0.1, 0.15) is 35.1 Å². The number of ether oxygens (including phenoxy) is 2. The molecule has 2 aliphatic heterocycles. The second kappa shape index (κ2) is 8.79. The molecule has 0 spiro atoms. The van der Waals surface area contributed by atoms with E-state index in [0.717, 1.165) is 24.6 Å². The molecule has 0 N–H and O–H groups in total. The molecule has 0 saturated carbocycles. The Hall–Kier alpha value is -3.92. The lowest BCUT2D eigenvalue weighted by molar-refractivity contribution is 0.289. The molecule has 2 heterocycles. The molecule has 34 heavy (non-hydrogen) atoms. The minimum atomic E-state index is 0.273. The Morgan fingerprint density at radius 2 is 1.03 bits per heavy atom. The Balaban J connectivity index is 1.24. The molecule has 0 aliphatic carbocycles. The van der Waals surface area contributed by atoms with Crippen LogP contribution in [0.3, 0.4) is 0 Å². The van der Waals surface area contributed by atoms with Crippen molar-refractivity contribution >= 4 is 11.4 Å². The lowest BCUT2D eigenvalue weighted by Crippen LogP contribution is -2.32. The molecule has 2 aliphatic rings. The molecule has 0 aromatic heterocycles. The molecule has 0 radical (unpaired) electrons. The Morgan fingerprint density at radius 1 is 0.588 bits per heavy atom. The number of para-hydroxylation sites is 2. The van der Waals surface area contributed by atoms with E-state index in [1.54, 1.807) is 0 Å². The lowest BCUT2D eigenvalue weighted by atomic mass is 9.90. The molecule has 0 amide bonds. The first-order chi connectivity index (χ1) is 16.7. The first-order valence-electron chi connectivity index (χ1n) is 11.9. The summed E-state index contributed by atoms with van der Waals surface area (Å²) in [6.45, 7) is 5.14. The zero-order valence-corrected chi connectivity index (χ0v) is 19.4. The fourth-order valence-corrected chi connectivity index (χ4v) is 4.87. The Bertz CT molecular complexity index is 1190. The molecule has 170 valence electrons. The molecule has 0 atom stereocenters. The molecule has 4 aromatic rings. The van der Waals surface area contributed by atoms with E-state index < -0.39 is 0 Å². The molecule has 0 fully saturated rings. The van der Waals surface area contributed by atoms with Gasteiger partial charge in [-0.15, -0.1) is 0 Å². The van der Waals surface area contributed by atoms with Crippen LogP contribution in [-0.4, -0.2) is 13.5 Å². The van der Waals surface area contributed by atoms with Gasteiger partial charge in [-0.1, -0.05) is 55.5 Å². The standard InChI is InChI=1S/C30H28N2O2/c1-22(23-12-14-29-25(16-23)18-31(20-33-29)27-8-4-2-5-9-27)24-13-15-30-26(17-24)19-32(21-34-30)28-10-6-3-7-11-28/h2-17,22H,18-21H2,1H3. The second-order valence-electron chi connectivity index (χ2n) is 9.07. The van der Waals surface area contributed by atoms with Crippen LogP contribution >= 0.6 is 0 Å². The molecule has 0 saturated heterocycles. The topological polar surface area (TPSA) is 24.9 Å². The Labute approximate surface area is 201 Å². The van der Waals surface area contributed by atoms with Crippen molar-refractivity contribution in [2.45, 2.75) is 25.9 Å². The zero-order valence-electron chi connectivity index (χ0n) is 19.4. The normalized spacial score (nSPS) is 14.8. The van der Waals surface area contributed by atoms with E-state index in [1.165, 1.54) is 33.6 Å². The quantitative estimate of drug-likeness (QED) is 0.353. The maximum absolute atomic E-state index is 6.06. The predicted molar refractivity (Wildman–Crippen MR) is 137 cm³/mol. The maximum Gasteiger partial charge on any atom is 0.161 e. The van der Waals surface area contributed by atoms with Crippen LogP contribution in [0.4, 0.5) is 11.4 Å². The van der Waals surface area contributed by atoms with Crippen molar-refractivity contribution < 1.29 is 9.47 Å². The molecule has 4 heteroatoms. The highest BCUT2D eigenvalue weighted by atomic mass is 16.5. The number of rotatable bonds is 4. The van der Waals surface area contributed by atoms with Crippen LogP contribution in [-0.2, 0) is 13.1 Å². The van der Waals surface area contributed by atoms with Gasteiger partial charge in [0.25, 0.3) is 0 Å². The predicted octanol–water partition coefficient (Wildman–Crippen LogP) is 6.55. The van der Waals surface area contributed by atoms with Crippen molar-refractivity contribution in [3.8, 4) is 11.5 Å². The molecule has 6 rings (SSSR count). The number of anilines is 2. The van der Waals surface area contributed by atoms with Gasteiger partial charge in [0.1, 0.15) is 11.5 Å². The Morgan fingerprint density at radius 3 is 1.47 bits per heavy atom. The first-order valence-corrected chi connectivity index (χ1v) is 11.9. The second-order valence-corrected chi connectivity index (χ2v) is 9.07. The summed E-state index contributed by atoms with van der Waals surface area (Å²) in [5.41, 5.74) is 7.43. The summed E-state index contributed by atoms with van der Waals surface area (Å²) in [5, 5.41) is 0. The van der Waals surface area contributed by atoms with Gasteiger partial charge in [0.15, 0.2) is 13.5 Å². The van der Waals surface area contributed by atoms with Crippen molar-refractivity contribution in [3.05, 3.63) is 119 Å². The number of hydrogen-bond acceptors (Lipinski definition) is 4. The van der Waals surface area contributed by atoms with Gasteiger partial charge in [-0.05, 0) is 59.7 Å². The molecule has 4 aromatic carbocycles. The van der Waals surface area contributed by atoms with Crippen LogP contribution in [0.15, 0.2) is 97.1 Å². The fourth-order valence-electron chi connectivity index (χ4n) is 4.87. The van der Waals surface area contributed by atoms with Gasteiger partial charge in [-0.25, -0.2) is 0 Å². The van der Waals surface area contributed by atoms with Crippen LogP contribution in [0, 0.1) is 0 Å². The molecule has 0 unspecified atom stereocenters. The van der Waals surface area contributed by atoms with E-state index in [1.807, 2.05) is 12.1 Å². The summed E-state index contributed by atoms with van der Waals surface area (Å²) in [7, 11) is 0. The van der Waals surface area contributed by atoms with Gasteiger partial charge in [-0.3, -0.25) is 0 Å². The smallest absolute Gasteiger partial charge is 0.161 e. The van der Waals surface area contributed by atoms with Crippen molar-refractivity contribution in [2.24, 2.45) is 0 Å². The van der Waals surface area contributed by atoms with E-state index in [0.29, 0.717) is 13.5 Å². The van der Waals surface area contributed by atoms with E-state index >= 15 is 0 Å². The summed E-state index contributed by atoms with van der Waals surface area (Å²) in [6, 6.07) is 34.2. The average Bonchev–Trinajstić information content (AvgIpc) is 2.92. The van der Waals surface area contributed by atoms with Crippen LogP contribution in [0.5, 0.6) is 11.5 Å². The van der Waals surface area contributed by atoms with Gasteiger partial charge in [-0.2, -0.15) is 0 Å². The summed E-state index contributed by atoms with van der Waals surface area (Å²) < 4.78 is 12.1. The van der Waals surface area contributed by atoms with E-state index in [2.05, 4.69) is 102 Å². The summed E-state index contributed by atoms with van der Waals surface area (Å²) in [6.07, 6.45) is 0. The third-order valence-corrected chi connectivity index (χ3v) is 6.89. The molecular weight excluding hydrogens is 420 g/mol. The van der Waals surface area contributed by atoms with Crippen LogP contribution < -0.4 is 19.3 Å². The molecule has 4 nitrogen and oxygen atoms in total. The summed E-state index contributed by atoms with van der Waals surface area (Å²) >= 11 is 0. The van der Waals surface area contributed by atoms with Gasteiger partial charge in [0, 0.05) is 41.5 Å². The molecule has 0 bridgehead atoms. The number of fused-ring (bicyclic) bond motifs is 2. The number of hydrogen-bond donors (Lipinski definition) is 0. The van der Waals surface area contributed by atoms with E-state index in [4.69, 9.17) is 9.47 Å². The largest absolute Gasteiger partial charge is 0.473 e. The maximum atomic E-state index is 6.06. The summed E-state index contributed by atoms with van der Waals surface area (Å²) in [5.74, 6) is 2.25. The minimum Gasteiger partial charge on any atom is -0.473 e. The highest BCUT2D eigenvalue weighted by Gasteiger charge is 2.22. The van der Waals surface area contributed by atoms with Gasteiger partial charge >= 0.3 is 0 Å². The van der Waals surface area contributed by atoms with Crippen LogP contribution in [0.25, 0.3) is 0 Å². The lowest BCUT2D eigenvalue weighted by Gasteiger charge is -2.32. The van der Waals surface area contributed by atoms with Gasteiger partial charge in [0.05, 0.1) is 0 Å². The Kier molecular flexibility index (Phi) is 5.34. The molecular formula is C30H28N2O2. The van der Waals surface area contributed by atoms with Crippen molar-refractivity contribution in [1.29, 1.82) is 0 Å². The number of benzene rings is 4. The van der Waals surface area contributed by atoms with Crippen molar-refractivity contribution in [1.82, 2.24) is 0 Å². The van der Waals surface area contributed by atoms with Crippen molar-refractivity contribution in [2.75, 3.05) is 23.3 Å². The highest BCUT2D eigenvalue weighted by Crippen LogP contribution is 2.35. The van der Waals surface area contributed by atoms with Crippen LogP contribution in [0.2, 0.25) is 0 Å².